The van der Waals surface area contributed by atoms with E-state index in [0.29, 0.717) is 23.1 Å². The molecule has 1 aromatic carbocycles. The quantitative estimate of drug-likeness (QED) is 0.788. The number of hydrogen-bond acceptors (Lipinski definition) is 3. The first-order valence-corrected chi connectivity index (χ1v) is 7.02. The Balaban J connectivity index is 2.22. The number of halogens is 2. The number of ether oxygens (including phenoxy) is 1. The zero-order chi connectivity index (χ0) is 14.9. The Hall–Kier alpha value is -1.26. The average molecular weight is 316 g/mol. The van der Waals surface area contributed by atoms with Crippen molar-refractivity contribution in [2.24, 2.45) is 11.8 Å². The molecule has 1 aliphatic heterocycles. The van der Waals surface area contributed by atoms with Gasteiger partial charge in [-0.05, 0) is 18.1 Å². The van der Waals surface area contributed by atoms with Gasteiger partial charge in [-0.15, -0.1) is 0 Å². The minimum atomic E-state index is -0.301. The summed E-state index contributed by atoms with van der Waals surface area (Å²) in [4.78, 5) is 25.7. The van der Waals surface area contributed by atoms with Crippen LogP contribution in [0.5, 0.6) is 0 Å². The van der Waals surface area contributed by atoms with Crippen LogP contribution in [0, 0.1) is 11.8 Å². The van der Waals surface area contributed by atoms with E-state index in [9.17, 15) is 9.59 Å². The standard InChI is InChI=1S/C14H15Cl2NO3/c1-8-6-17(7-9(8)14(19)20-2)13(18)12-10(15)4-3-5-11(12)16/h3-5,8-9H,6-7H2,1-2H3. The average Bonchev–Trinajstić information content (AvgIpc) is 2.79. The second kappa shape index (κ2) is 6.02. The molecule has 0 bridgehead atoms. The van der Waals surface area contributed by atoms with Crippen LogP contribution in [0.2, 0.25) is 10.0 Å². The van der Waals surface area contributed by atoms with Crippen LogP contribution in [0.25, 0.3) is 0 Å². The molecule has 0 saturated carbocycles. The van der Waals surface area contributed by atoms with Gasteiger partial charge < -0.3 is 9.64 Å². The SMILES string of the molecule is COC(=O)C1CN(C(=O)c2c(Cl)cccc2Cl)CC1C. The van der Waals surface area contributed by atoms with Crippen molar-refractivity contribution in [3.63, 3.8) is 0 Å². The molecule has 0 spiro atoms. The van der Waals surface area contributed by atoms with Gasteiger partial charge in [0, 0.05) is 13.1 Å². The van der Waals surface area contributed by atoms with Crippen LogP contribution in [0.15, 0.2) is 18.2 Å². The molecule has 0 aliphatic carbocycles. The Morgan fingerprint density at radius 1 is 1.25 bits per heavy atom. The van der Waals surface area contributed by atoms with Crippen molar-refractivity contribution >= 4 is 35.1 Å². The predicted octanol–water partition coefficient (Wildman–Crippen LogP) is 2.87. The van der Waals surface area contributed by atoms with Crippen LogP contribution in [-0.4, -0.2) is 37.0 Å². The molecule has 1 aliphatic rings. The number of hydrogen-bond donors (Lipinski definition) is 0. The lowest BCUT2D eigenvalue weighted by Gasteiger charge is -2.17. The molecule has 20 heavy (non-hydrogen) atoms. The summed E-state index contributed by atoms with van der Waals surface area (Å²) in [5, 5.41) is 0.633. The summed E-state index contributed by atoms with van der Waals surface area (Å²) in [6, 6.07) is 4.93. The van der Waals surface area contributed by atoms with Gasteiger partial charge in [-0.2, -0.15) is 0 Å². The number of esters is 1. The highest BCUT2D eigenvalue weighted by atomic mass is 35.5. The molecule has 2 unspecified atom stereocenters. The number of benzene rings is 1. The first kappa shape index (κ1) is 15.1. The molecule has 6 heteroatoms. The van der Waals surface area contributed by atoms with E-state index in [1.807, 2.05) is 6.92 Å². The Labute approximate surface area is 127 Å². The zero-order valence-corrected chi connectivity index (χ0v) is 12.7. The van der Waals surface area contributed by atoms with Crippen molar-refractivity contribution in [3.05, 3.63) is 33.8 Å². The Morgan fingerprint density at radius 2 is 1.85 bits per heavy atom. The lowest BCUT2D eigenvalue weighted by molar-refractivity contribution is -0.146. The fourth-order valence-corrected chi connectivity index (χ4v) is 3.01. The monoisotopic (exact) mass is 315 g/mol. The Morgan fingerprint density at radius 3 is 2.40 bits per heavy atom. The third kappa shape index (κ3) is 2.76. The van der Waals surface area contributed by atoms with E-state index in [2.05, 4.69) is 0 Å². The summed E-state index contributed by atoms with van der Waals surface area (Å²) >= 11 is 12.1. The van der Waals surface area contributed by atoms with E-state index in [1.165, 1.54) is 7.11 Å². The summed E-state index contributed by atoms with van der Waals surface area (Å²) in [6.07, 6.45) is 0. The minimum absolute atomic E-state index is 0.0488. The van der Waals surface area contributed by atoms with Crippen molar-refractivity contribution in [2.75, 3.05) is 20.2 Å². The second-order valence-electron chi connectivity index (χ2n) is 4.91. The molecule has 1 saturated heterocycles. The maximum absolute atomic E-state index is 12.5. The number of likely N-dealkylation sites (tertiary alicyclic amines) is 1. The number of carbonyl (C=O) groups excluding carboxylic acids is 2. The van der Waals surface area contributed by atoms with E-state index in [1.54, 1.807) is 23.1 Å². The lowest BCUT2D eigenvalue weighted by atomic mass is 9.99. The van der Waals surface area contributed by atoms with Crippen LogP contribution in [0.3, 0.4) is 0 Å². The normalized spacial score (nSPS) is 21.9. The van der Waals surface area contributed by atoms with Crippen LogP contribution < -0.4 is 0 Å². The molecular weight excluding hydrogens is 301 g/mol. The summed E-state index contributed by atoms with van der Waals surface area (Å²) in [6.45, 7) is 2.73. The molecule has 0 aromatic heterocycles. The molecule has 1 amide bonds. The number of methoxy groups -OCH3 is 1. The molecule has 0 N–H and O–H groups in total. The van der Waals surface area contributed by atoms with E-state index < -0.39 is 0 Å². The molecule has 1 aromatic rings. The molecular formula is C14H15Cl2NO3. The van der Waals surface area contributed by atoms with Gasteiger partial charge in [-0.3, -0.25) is 9.59 Å². The van der Waals surface area contributed by atoms with Gasteiger partial charge in [0.25, 0.3) is 5.91 Å². The van der Waals surface area contributed by atoms with E-state index in [4.69, 9.17) is 27.9 Å². The van der Waals surface area contributed by atoms with Crippen molar-refractivity contribution in [1.82, 2.24) is 4.90 Å². The summed E-state index contributed by atoms with van der Waals surface area (Å²) < 4.78 is 4.76. The van der Waals surface area contributed by atoms with E-state index in [0.717, 1.165) is 0 Å². The number of amides is 1. The molecule has 0 radical (unpaired) electrons. The third-order valence-electron chi connectivity index (χ3n) is 3.58. The minimum Gasteiger partial charge on any atom is -0.469 e. The van der Waals surface area contributed by atoms with Crippen LogP contribution in [-0.2, 0) is 9.53 Å². The summed E-state index contributed by atoms with van der Waals surface area (Å²) in [5.74, 6) is -0.796. The molecule has 1 fully saturated rings. The van der Waals surface area contributed by atoms with Crippen molar-refractivity contribution in [1.29, 1.82) is 0 Å². The lowest BCUT2D eigenvalue weighted by Crippen LogP contribution is -2.30. The molecule has 4 nitrogen and oxygen atoms in total. The first-order chi connectivity index (χ1) is 9.45. The van der Waals surface area contributed by atoms with Gasteiger partial charge in [0.15, 0.2) is 0 Å². The Kier molecular flexibility index (Phi) is 4.55. The van der Waals surface area contributed by atoms with Gasteiger partial charge in [-0.25, -0.2) is 0 Å². The highest BCUT2D eigenvalue weighted by Gasteiger charge is 2.38. The smallest absolute Gasteiger partial charge is 0.310 e. The van der Waals surface area contributed by atoms with E-state index in [-0.39, 0.29) is 29.3 Å². The molecule has 1 heterocycles. The molecule has 108 valence electrons. The maximum atomic E-state index is 12.5. The van der Waals surface area contributed by atoms with Gasteiger partial charge >= 0.3 is 5.97 Å². The van der Waals surface area contributed by atoms with Crippen LogP contribution in [0.4, 0.5) is 0 Å². The molecule has 2 atom stereocenters. The second-order valence-corrected chi connectivity index (χ2v) is 5.73. The van der Waals surface area contributed by atoms with Gasteiger partial charge in [-0.1, -0.05) is 36.2 Å². The highest BCUT2D eigenvalue weighted by molar-refractivity contribution is 6.39. The number of rotatable bonds is 2. The largest absolute Gasteiger partial charge is 0.469 e. The molecule has 2 rings (SSSR count). The van der Waals surface area contributed by atoms with Crippen molar-refractivity contribution in [2.45, 2.75) is 6.92 Å². The predicted molar refractivity (Wildman–Crippen MR) is 77.0 cm³/mol. The number of nitrogens with zero attached hydrogens (tertiary/aromatic N) is 1. The fourth-order valence-electron chi connectivity index (χ4n) is 2.45. The van der Waals surface area contributed by atoms with Crippen LogP contribution >= 0.6 is 23.2 Å². The first-order valence-electron chi connectivity index (χ1n) is 6.26. The third-order valence-corrected chi connectivity index (χ3v) is 4.21. The van der Waals surface area contributed by atoms with Crippen LogP contribution in [0.1, 0.15) is 17.3 Å². The maximum Gasteiger partial charge on any atom is 0.310 e. The highest BCUT2D eigenvalue weighted by Crippen LogP contribution is 2.30. The number of carbonyl (C=O) groups is 2. The topological polar surface area (TPSA) is 46.6 Å². The van der Waals surface area contributed by atoms with Gasteiger partial charge in [0.2, 0.25) is 0 Å². The Bertz CT molecular complexity index is 527. The van der Waals surface area contributed by atoms with Gasteiger partial charge in [0.05, 0.1) is 28.6 Å². The van der Waals surface area contributed by atoms with Gasteiger partial charge in [0.1, 0.15) is 0 Å². The fraction of sp³-hybridized carbons (Fsp3) is 0.429. The zero-order valence-electron chi connectivity index (χ0n) is 11.2. The summed E-state index contributed by atoms with van der Waals surface area (Å²) in [7, 11) is 1.35. The van der Waals surface area contributed by atoms with E-state index >= 15 is 0 Å². The summed E-state index contributed by atoms with van der Waals surface area (Å²) in [5.41, 5.74) is 0.286. The van der Waals surface area contributed by atoms with Crippen molar-refractivity contribution < 1.29 is 14.3 Å². The van der Waals surface area contributed by atoms with Crippen molar-refractivity contribution in [3.8, 4) is 0 Å².